The van der Waals surface area contributed by atoms with E-state index in [2.05, 4.69) is 15.5 Å². The van der Waals surface area contributed by atoms with Crippen LogP contribution in [0.15, 0.2) is 48.5 Å². The summed E-state index contributed by atoms with van der Waals surface area (Å²) >= 11 is 7.42. The van der Waals surface area contributed by atoms with Gasteiger partial charge in [-0.1, -0.05) is 58.8 Å². The first-order valence-corrected chi connectivity index (χ1v) is 7.79. The van der Waals surface area contributed by atoms with E-state index in [4.69, 9.17) is 11.6 Å². The summed E-state index contributed by atoms with van der Waals surface area (Å²) in [6.45, 7) is 1.97. The van der Waals surface area contributed by atoms with Crippen LogP contribution >= 0.6 is 22.9 Å². The van der Waals surface area contributed by atoms with Crippen LogP contribution in [0.1, 0.15) is 15.9 Å². The molecule has 4 nitrogen and oxygen atoms in total. The molecule has 0 aliphatic heterocycles. The van der Waals surface area contributed by atoms with Gasteiger partial charge >= 0.3 is 0 Å². The zero-order chi connectivity index (χ0) is 15.5. The van der Waals surface area contributed by atoms with E-state index in [0.717, 1.165) is 11.1 Å². The second-order valence-electron chi connectivity index (χ2n) is 4.71. The van der Waals surface area contributed by atoms with Gasteiger partial charge in [-0.05, 0) is 25.1 Å². The highest BCUT2D eigenvalue weighted by Gasteiger charge is 2.12. The number of halogens is 1. The van der Waals surface area contributed by atoms with Crippen LogP contribution in [0.25, 0.3) is 10.6 Å². The van der Waals surface area contributed by atoms with E-state index in [1.54, 1.807) is 18.2 Å². The summed E-state index contributed by atoms with van der Waals surface area (Å²) in [6, 6.07) is 14.7. The monoisotopic (exact) mass is 329 g/mol. The van der Waals surface area contributed by atoms with Gasteiger partial charge in [0, 0.05) is 11.1 Å². The van der Waals surface area contributed by atoms with Crippen LogP contribution in [0, 0.1) is 6.92 Å². The Morgan fingerprint density at radius 1 is 1.09 bits per heavy atom. The number of hydrogen-bond acceptors (Lipinski definition) is 4. The third kappa shape index (κ3) is 3.16. The number of amides is 1. The molecule has 0 fully saturated rings. The summed E-state index contributed by atoms with van der Waals surface area (Å²) in [6.07, 6.45) is 0. The number of carbonyl (C=O) groups is 1. The van der Waals surface area contributed by atoms with Gasteiger partial charge in [-0.25, -0.2) is 0 Å². The summed E-state index contributed by atoms with van der Waals surface area (Å²) in [5.74, 6) is -0.207. The molecule has 0 aliphatic rings. The lowest BCUT2D eigenvalue weighted by atomic mass is 10.1. The van der Waals surface area contributed by atoms with Crippen molar-refractivity contribution < 1.29 is 4.79 Å². The van der Waals surface area contributed by atoms with Gasteiger partial charge in [0.05, 0.1) is 5.02 Å². The third-order valence-electron chi connectivity index (χ3n) is 3.06. The van der Waals surface area contributed by atoms with Crippen LogP contribution in [-0.4, -0.2) is 16.1 Å². The first-order chi connectivity index (χ1) is 10.6. The number of nitrogens with zero attached hydrogens (tertiary/aromatic N) is 2. The maximum absolute atomic E-state index is 12.1. The van der Waals surface area contributed by atoms with Gasteiger partial charge in [-0.2, -0.15) is 0 Å². The Morgan fingerprint density at radius 2 is 1.82 bits per heavy atom. The zero-order valence-corrected chi connectivity index (χ0v) is 13.3. The van der Waals surface area contributed by atoms with Crippen molar-refractivity contribution in [3.05, 3.63) is 64.7 Å². The average molecular weight is 330 g/mol. The molecule has 0 radical (unpaired) electrons. The number of carbonyl (C=O) groups excluding carboxylic acids is 1. The third-order valence-corrected chi connectivity index (χ3v) is 4.27. The van der Waals surface area contributed by atoms with Crippen LogP contribution in [-0.2, 0) is 0 Å². The maximum Gasteiger partial charge on any atom is 0.257 e. The van der Waals surface area contributed by atoms with Crippen molar-refractivity contribution >= 4 is 34.0 Å². The first-order valence-electron chi connectivity index (χ1n) is 6.60. The molecule has 22 heavy (non-hydrogen) atoms. The van der Waals surface area contributed by atoms with E-state index in [-0.39, 0.29) is 5.91 Å². The highest BCUT2D eigenvalue weighted by molar-refractivity contribution is 7.18. The summed E-state index contributed by atoms with van der Waals surface area (Å²) in [5, 5.41) is 12.5. The number of nitrogens with one attached hydrogen (secondary N) is 1. The van der Waals surface area contributed by atoms with Crippen LogP contribution in [0.4, 0.5) is 5.13 Å². The number of benzene rings is 2. The maximum atomic E-state index is 12.1. The van der Waals surface area contributed by atoms with Gasteiger partial charge in [-0.3, -0.25) is 10.1 Å². The number of hydrogen-bond donors (Lipinski definition) is 1. The molecule has 1 amide bonds. The number of aromatic nitrogens is 2. The minimum absolute atomic E-state index is 0.207. The molecule has 1 N–H and O–H groups in total. The number of rotatable bonds is 3. The van der Waals surface area contributed by atoms with E-state index in [0.29, 0.717) is 20.7 Å². The molecule has 0 spiro atoms. The van der Waals surface area contributed by atoms with E-state index in [9.17, 15) is 4.79 Å². The van der Waals surface area contributed by atoms with Gasteiger partial charge < -0.3 is 0 Å². The number of aryl methyl sites for hydroxylation is 1. The minimum atomic E-state index is -0.207. The van der Waals surface area contributed by atoms with Crippen molar-refractivity contribution in [3.8, 4) is 10.6 Å². The Labute approximate surface area is 136 Å². The summed E-state index contributed by atoms with van der Waals surface area (Å²) in [7, 11) is 0. The Hall–Kier alpha value is -2.24. The van der Waals surface area contributed by atoms with Crippen molar-refractivity contribution in [1.29, 1.82) is 0 Å². The molecule has 0 atom stereocenters. The summed E-state index contributed by atoms with van der Waals surface area (Å²) < 4.78 is 0. The zero-order valence-electron chi connectivity index (χ0n) is 11.7. The van der Waals surface area contributed by atoms with Crippen molar-refractivity contribution in [3.63, 3.8) is 0 Å². The molecule has 0 saturated heterocycles. The molecule has 0 bridgehead atoms. The van der Waals surface area contributed by atoms with E-state index < -0.39 is 0 Å². The second-order valence-corrected chi connectivity index (χ2v) is 6.10. The first kappa shape index (κ1) is 14.7. The molecule has 0 aliphatic carbocycles. The fourth-order valence-corrected chi connectivity index (χ4v) is 2.95. The van der Waals surface area contributed by atoms with Crippen molar-refractivity contribution in [2.45, 2.75) is 6.92 Å². The van der Waals surface area contributed by atoms with Gasteiger partial charge in [0.25, 0.3) is 5.91 Å². The standard InChI is InChI=1S/C16H12ClN3OS/c1-10-6-8-11(9-7-10)14(21)18-16-20-19-15(22-16)12-4-2-3-5-13(12)17/h2-9H,1H3,(H,18,20,21). The van der Waals surface area contributed by atoms with Crippen molar-refractivity contribution in [1.82, 2.24) is 10.2 Å². The predicted octanol–water partition coefficient (Wildman–Crippen LogP) is 4.42. The molecule has 1 heterocycles. The van der Waals surface area contributed by atoms with Crippen molar-refractivity contribution in [2.24, 2.45) is 0 Å². The molecule has 0 saturated carbocycles. The SMILES string of the molecule is Cc1ccc(C(=O)Nc2nnc(-c3ccccc3Cl)s2)cc1. The lowest BCUT2D eigenvalue weighted by Crippen LogP contribution is -2.11. The topological polar surface area (TPSA) is 54.9 Å². The van der Waals surface area contributed by atoms with E-state index >= 15 is 0 Å². The molecule has 1 aromatic heterocycles. The van der Waals surface area contributed by atoms with Gasteiger partial charge in [-0.15, -0.1) is 10.2 Å². The normalized spacial score (nSPS) is 10.5. The highest BCUT2D eigenvalue weighted by atomic mass is 35.5. The molecule has 6 heteroatoms. The molecule has 3 aromatic rings. The van der Waals surface area contributed by atoms with Crippen LogP contribution in [0.3, 0.4) is 0 Å². The van der Waals surface area contributed by atoms with Gasteiger partial charge in [0.1, 0.15) is 0 Å². The van der Waals surface area contributed by atoms with Crippen molar-refractivity contribution in [2.75, 3.05) is 5.32 Å². The fraction of sp³-hybridized carbons (Fsp3) is 0.0625. The molecule has 0 unspecified atom stereocenters. The Bertz CT molecular complexity index is 814. The number of anilines is 1. The van der Waals surface area contributed by atoms with E-state index in [1.165, 1.54) is 11.3 Å². The highest BCUT2D eigenvalue weighted by Crippen LogP contribution is 2.31. The molecular weight excluding hydrogens is 318 g/mol. The second kappa shape index (κ2) is 6.25. The van der Waals surface area contributed by atoms with E-state index in [1.807, 2.05) is 37.3 Å². The summed E-state index contributed by atoms with van der Waals surface area (Å²) in [5.41, 5.74) is 2.49. The Morgan fingerprint density at radius 3 is 2.55 bits per heavy atom. The van der Waals surface area contributed by atoms with Crippen LogP contribution in [0.5, 0.6) is 0 Å². The van der Waals surface area contributed by atoms with Crippen LogP contribution in [0.2, 0.25) is 5.02 Å². The molecule has 2 aromatic carbocycles. The Kier molecular flexibility index (Phi) is 4.18. The lowest BCUT2D eigenvalue weighted by Gasteiger charge is -2.01. The fourth-order valence-electron chi connectivity index (χ4n) is 1.89. The predicted molar refractivity (Wildman–Crippen MR) is 89.5 cm³/mol. The summed E-state index contributed by atoms with van der Waals surface area (Å²) in [4.78, 5) is 12.1. The van der Waals surface area contributed by atoms with Gasteiger partial charge in [0.15, 0.2) is 5.01 Å². The quantitative estimate of drug-likeness (QED) is 0.774. The molecular formula is C16H12ClN3OS. The lowest BCUT2D eigenvalue weighted by molar-refractivity contribution is 0.102. The smallest absolute Gasteiger partial charge is 0.257 e. The van der Waals surface area contributed by atoms with Gasteiger partial charge in [0.2, 0.25) is 5.13 Å². The molecule has 3 rings (SSSR count). The largest absolute Gasteiger partial charge is 0.296 e. The minimum Gasteiger partial charge on any atom is -0.296 e. The molecule has 110 valence electrons. The Balaban J connectivity index is 1.78. The van der Waals surface area contributed by atoms with Crippen LogP contribution < -0.4 is 5.32 Å². The average Bonchev–Trinajstić information content (AvgIpc) is 2.96.